The molecule has 0 aliphatic carbocycles. The highest BCUT2D eigenvalue weighted by Gasteiger charge is 2.21. The third-order valence-corrected chi connectivity index (χ3v) is 4.45. The van der Waals surface area contributed by atoms with Crippen LogP contribution in [0.1, 0.15) is 16.7 Å². The van der Waals surface area contributed by atoms with Gasteiger partial charge in [-0.3, -0.25) is 4.79 Å². The number of rotatable bonds is 2. The van der Waals surface area contributed by atoms with Gasteiger partial charge in [-0.1, -0.05) is 40.2 Å². The van der Waals surface area contributed by atoms with Crippen LogP contribution in [0.4, 0.5) is 5.69 Å². The highest BCUT2D eigenvalue weighted by Crippen LogP contribution is 2.24. The highest BCUT2D eigenvalue weighted by atomic mass is 79.9. The second kappa shape index (κ2) is 5.90. The van der Waals surface area contributed by atoms with E-state index in [4.69, 9.17) is 5.73 Å². The number of benzene rings is 2. The van der Waals surface area contributed by atoms with Gasteiger partial charge < -0.3 is 10.6 Å². The molecule has 1 aliphatic heterocycles. The quantitative estimate of drug-likeness (QED) is 0.850. The average molecular weight is 345 g/mol. The molecule has 0 radical (unpaired) electrons. The topological polar surface area (TPSA) is 46.3 Å². The molecule has 0 bridgehead atoms. The first-order valence-electron chi connectivity index (χ1n) is 7.02. The molecule has 0 spiro atoms. The number of carbonyl (C=O) groups excluding carboxylic acids is 1. The van der Waals surface area contributed by atoms with E-state index in [2.05, 4.69) is 22.0 Å². The molecule has 0 atom stereocenters. The summed E-state index contributed by atoms with van der Waals surface area (Å²) in [4.78, 5) is 14.4. The standard InChI is InChI=1S/C17H17BrN2O/c18-14-6-4-12(5-7-14)10-17(21)20-9-8-15-13(11-20)2-1-3-16(15)19/h1-7H,8-11,19H2. The number of hydrogen-bond acceptors (Lipinski definition) is 2. The third-order valence-electron chi connectivity index (χ3n) is 3.92. The average Bonchev–Trinajstić information content (AvgIpc) is 2.49. The molecule has 0 saturated carbocycles. The van der Waals surface area contributed by atoms with Gasteiger partial charge in [0.05, 0.1) is 6.42 Å². The van der Waals surface area contributed by atoms with E-state index >= 15 is 0 Å². The number of amides is 1. The fraction of sp³-hybridized carbons (Fsp3) is 0.235. The summed E-state index contributed by atoms with van der Waals surface area (Å²) in [6, 6.07) is 13.8. The molecule has 0 aromatic heterocycles. The van der Waals surface area contributed by atoms with Gasteiger partial charge in [0.1, 0.15) is 0 Å². The van der Waals surface area contributed by atoms with Crippen molar-refractivity contribution in [1.29, 1.82) is 0 Å². The second-order valence-electron chi connectivity index (χ2n) is 5.35. The smallest absolute Gasteiger partial charge is 0.227 e. The second-order valence-corrected chi connectivity index (χ2v) is 6.27. The van der Waals surface area contributed by atoms with Crippen LogP contribution in [0.25, 0.3) is 0 Å². The SMILES string of the molecule is Nc1cccc2c1CCN(C(=O)Cc1ccc(Br)cc1)C2. The van der Waals surface area contributed by atoms with E-state index in [-0.39, 0.29) is 5.91 Å². The zero-order valence-electron chi connectivity index (χ0n) is 11.7. The Morgan fingerprint density at radius 2 is 1.95 bits per heavy atom. The number of halogens is 1. The van der Waals surface area contributed by atoms with Gasteiger partial charge in [-0.2, -0.15) is 0 Å². The lowest BCUT2D eigenvalue weighted by Gasteiger charge is -2.29. The van der Waals surface area contributed by atoms with Crippen LogP contribution in [0.5, 0.6) is 0 Å². The van der Waals surface area contributed by atoms with Gasteiger partial charge in [0, 0.05) is 23.2 Å². The maximum atomic E-state index is 12.4. The summed E-state index contributed by atoms with van der Waals surface area (Å²) in [6.07, 6.45) is 1.29. The lowest BCUT2D eigenvalue weighted by molar-refractivity contribution is -0.131. The van der Waals surface area contributed by atoms with Crippen molar-refractivity contribution < 1.29 is 4.79 Å². The molecule has 1 aliphatic rings. The van der Waals surface area contributed by atoms with Crippen molar-refractivity contribution in [3.63, 3.8) is 0 Å². The Balaban J connectivity index is 1.71. The number of nitrogens with two attached hydrogens (primary N) is 1. The van der Waals surface area contributed by atoms with Gasteiger partial charge >= 0.3 is 0 Å². The number of anilines is 1. The van der Waals surface area contributed by atoms with Crippen molar-refractivity contribution in [2.45, 2.75) is 19.4 Å². The Morgan fingerprint density at radius 3 is 2.71 bits per heavy atom. The molecule has 2 aromatic rings. The molecular weight excluding hydrogens is 328 g/mol. The molecular formula is C17H17BrN2O. The Labute approximate surface area is 132 Å². The van der Waals surface area contributed by atoms with Crippen molar-refractivity contribution in [3.05, 3.63) is 63.6 Å². The van der Waals surface area contributed by atoms with Crippen molar-refractivity contribution >= 4 is 27.5 Å². The van der Waals surface area contributed by atoms with Crippen LogP contribution >= 0.6 is 15.9 Å². The van der Waals surface area contributed by atoms with Crippen molar-refractivity contribution in [2.24, 2.45) is 0 Å². The summed E-state index contributed by atoms with van der Waals surface area (Å²) in [7, 11) is 0. The van der Waals surface area contributed by atoms with Gasteiger partial charge in [-0.25, -0.2) is 0 Å². The minimum absolute atomic E-state index is 0.172. The summed E-state index contributed by atoms with van der Waals surface area (Å²) in [6.45, 7) is 1.41. The Hall–Kier alpha value is -1.81. The van der Waals surface area contributed by atoms with Gasteiger partial charge in [0.25, 0.3) is 0 Å². The van der Waals surface area contributed by atoms with Crippen molar-refractivity contribution in [1.82, 2.24) is 4.90 Å². The third kappa shape index (κ3) is 3.10. The zero-order chi connectivity index (χ0) is 14.8. The number of fused-ring (bicyclic) bond motifs is 1. The molecule has 0 unspecified atom stereocenters. The largest absolute Gasteiger partial charge is 0.398 e. The Morgan fingerprint density at radius 1 is 1.19 bits per heavy atom. The van der Waals surface area contributed by atoms with Crippen LogP contribution in [0, 0.1) is 0 Å². The molecule has 108 valence electrons. The number of carbonyl (C=O) groups is 1. The van der Waals surface area contributed by atoms with Crippen LogP contribution in [-0.2, 0) is 24.2 Å². The van der Waals surface area contributed by atoms with E-state index in [0.717, 1.165) is 28.7 Å². The summed E-state index contributed by atoms with van der Waals surface area (Å²) in [5.41, 5.74) is 10.2. The van der Waals surface area contributed by atoms with E-state index in [1.807, 2.05) is 41.3 Å². The first-order chi connectivity index (χ1) is 10.1. The predicted molar refractivity (Wildman–Crippen MR) is 87.8 cm³/mol. The summed E-state index contributed by atoms with van der Waals surface area (Å²) in [5, 5.41) is 0. The monoisotopic (exact) mass is 344 g/mol. The molecule has 1 amide bonds. The summed E-state index contributed by atoms with van der Waals surface area (Å²) < 4.78 is 1.03. The lowest BCUT2D eigenvalue weighted by Crippen LogP contribution is -2.37. The number of hydrogen-bond donors (Lipinski definition) is 1. The molecule has 1 heterocycles. The normalized spacial score (nSPS) is 13.9. The maximum Gasteiger partial charge on any atom is 0.227 e. The molecule has 0 fully saturated rings. The minimum Gasteiger partial charge on any atom is -0.398 e. The Bertz CT molecular complexity index is 667. The first-order valence-corrected chi connectivity index (χ1v) is 7.81. The van der Waals surface area contributed by atoms with Gasteiger partial charge in [0.2, 0.25) is 5.91 Å². The maximum absolute atomic E-state index is 12.4. The molecule has 0 saturated heterocycles. The van der Waals surface area contributed by atoms with Crippen LogP contribution in [0.2, 0.25) is 0 Å². The van der Waals surface area contributed by atoms with Gasteiger partial charge in [0.15, 0.2) is 0 Å². The fourth-order valence-electron chi connectivity index (χ4n) is 2.74. The molecule has 3 nitrogen and oxygen atoms in total. The van der Waals surface area contributed by atoms with Gasteiger partial charge in [-0.15, -0.1) is 0 Å². The number of nitrogen functional groups attached to an aromatic ring is 1. The van der Waals surface area contributed by atoms with Crippen molar-refractivity contribution in [2.75, 3.05) is 12.3 Å². The van der Waals surface area contributed by atoms with E-state index in [1.165, 1.54) is 11.1 Å². The van der Waals surface area contributed by atoms with Crippen molar-refractivity contribution in [3.8, 4) is 0 Å². The van der Waals surface area contributed by atoms with Crippen LogP contribution < -0.4 is 5.73 Å². The molecule has 2 aromatic carbocycles. The van der Waals surface area contributed by atoms with Crippen LogP contribution in [-0.4, -0.2) is 17.4 Å². The molecule has 2 N–H and O–H groups in total. The van der Waals surface area contributed by atoms with E-state index < -0.39 is 0 Å². The molecule has 21 heavy (non-hydrogen) atoms. The zero-order valence-corrected chi connectivity index (χ0v) is 13.3. The Kier molecular flexibility index (Phi) is 3.97. The lowest BCUT2D eigenvalue weighted by atomic mass is 9.97. The van der Waals surface area contributed by atoms with Crippen LogP contribution in [0.15, 0.2) is 46.9 Å². The number of nitrogens with zero attached hydrogens (tertiary/aromatic N) is 1. The van der Waals surface area contributed by atoms with E-state index in [9.17, 15) is 4.79 Å². The van der Waals surface area contributed by atoms with Crippen LogP contribution in [0.3, 0.4) is 0 Å². The fourth-order valence-corrected chi connectivity index (χ4v) is 3.00. The van der Waals surface area contributed by atoms with E-state index in [0.29, 0.717) is 13.0 Å². The first kappa shape index (κ1) is 14.1. The minimum atomic E-state index is 0.172. The highest BCUT2D eigenvalue weighted by molar-refractivity contribution is 9.10. The molecule has 4 heteroatoms. The van der Waals surface area contributed by atoms with Gasteiger partial charge in [-0.05, 0) is 41.3 Å². The summed E-state index contributed by atoms with van der Waals surface area (Å²) in [5.74, 6) is 0.172. The van der Waals surface area contributed by atoms with E-state index in [1.54, 1.807) is 0 Å². The molecule has 3 rings (SSSR count). The predicted octanol–water partition coefficient (Wildman–Crippen LogP) is 3.16. The summed E-state index contributed by atoms with van der Waals surface area (Å²) >= 11 is 3.41.